The molecule has 3 heterocycles. The molecule has 4 aromatic rings. The SMILES string of the molecule is Cc1ccc(-c2c(C3=NC[C@H](C)CO3)c(-c3ccc(C)cc3)c(C3=NC[C@H](C)CO3)c(-c3ccc(C)cc3)c2C2=NC[C@H](C)CO2)cc1. The Balaban J connectivity index is 1.73. The first-order valence-corrected chi connectivity index (χ1v) is 17.2. The van der Waals surface area contributed by atoms with Gasteiger partial charge in [-0.05, 0) is 37.5 Å². The van der Waals surface area contributed by atoms with Crippen LogP contribution in [0.15, 0.2) is 87.8 Å². The first-order chi connectivity index (χ1) is 23.3. The van der Waals surface area contributed by atoms with E-state index in [0.29, 0.717) is 74.9 Å². The Hall–Kier alpha value is -4.71. The summed E-state index contributed by atoms with van der Waals surface area (Å²) in [6.07, 6.45) is 0. The number of rotatable bonds is 6. The average Bonchev–Trinajstić information content (AvgIpc) is 3.10. The Morgan fingerprint density at radius 3 is 0.854 bits per heavy atom. The number of ether oxygens (including phenoxy) is 3. The van der Waals surface area contributed by atoms with Gasteiger partial charge in [-0.3, -0.25) is 15.0 Å². The molecule has 0 N–H and O–H groups in total. The monoisotopic (exact) mass is 639 g/mol. The predicted molar refractivity (Wildman–Crippen MR) is 197 cm³/mol. The summed E-state index contributed by atoms with van der Waals surface area (Å²) in [5, 5.41) is 0. The first kappa shape index (κ1) is 31.9. The van der Waals surface area contributed by atoms with Crippen LogP contribution in [-0.2, 0) is 14.2 Å². The smallest absolute Gasteiger partial charge is 0.217 e. The highest BCUT2D eigenvalue weighted by molar-refractivity contribution is 6.23. The van der Waals surface area contributed by atoms with E-state index in [2.05, 4.69) is 114 Å². The maximum atomic E-state index is 6.62. The maximum absolute atomic E-state index is 6.62. The molecule has 3 aliphatic rings. The standard InChI is InChI=1S/C42H45N3O3/c1-25-7-13-31(14-8-25)34-37(40-43-19-28(4)22-46-40)35(32-15-9-26(2)10-16-32)39(42-45-21-30(6)24-48-42)36(33-17-11-27(3)12-18-33)38(34)41-44-20-29(5)23-47-41/h7-18,28-30H,19-24H2,1-6H3/t28-,29-,30-/m0/s1. The summed E-state index contributed by atoms with van der Waals surface area (Å²) in [5.74, 6) is 2.87. The van der Waals surface area contributed by atoms with Gasteiger partial charge in [0, 0.05) is 54.1 Å². The first-order valence-electron chi connectivity index (χ1n) is 17.2. The van der Waals surface area contributed by atoms with Gasteiger partial charge in [-0.25, -0.2) is 0 Å². The van der Waals surface area contributed by atoms with Gasteiger partial charge in [-0.15, -0.1) is 0 Å². The normalized spacial score (nSPS) is 20.9. The van der Waals surface area contributed by atoms with Crippen LogP contribution in [0, 0.1) is 38.5 Å². The molecule has 0 aliphatic carbocycles. The van der Waals surface area contributed by atoms with Gasteiger partial charge in [0.2, 0.25) is 17.7 Å². The lowest BCUT2D eigenvalue weighted by Gasteiger charge is -2.32. The van der Waals surface area contributed by atoms with E-state index in [-0.39, 0.29) is 0 Å². The number of hydrogen-bond acceptors (Lipinski definition) is 6. The minimum atomic E-state index is 0.324. The molecule has 0 amide bonds. The lowest BCUT2D eigenvalue weighted by molar-refractivity contribution is 0.231. The second-order valence-corrected chi connectivity index (χ2v) is 14.0. The second kappa shape index (κ2) is 13.4. The highest BCUT2D eigenvalue weighted by Gasteiger charge is 2.36. The number of benzene rings is 4. The fourth-order valence-corrected chi connectivity index (χ4v) is 6.55. The number of nitrogens with zero attached hydrogens (tertiary/aromatic N) is 3. The third kappa shape index (κ3) is 6.28. The molecule has 7 rings (SSSR count). The summed E-state index contributed by atoms with van der Waals surface area (Å²) in [5.41, 5.74) is 12.5. The molecule has 3 atom stereocenters. The molecule has 246 valence electrons. The summed E-state index contributed by atoms with van der Waals surface area (Å²) in [6, 6.07) is 26.2. The molecule has 0 unspecified atom stereocenters. The molecule has 0 radical (unpaired) electrons. The minimum absolute atomic E-state index is 0.324. The van der Waals surface area contributed by atoms with Crippen LogP contribution in [0.4, 0.5) is 0 Å². The Morgan fingerprint density at radius 1 is 0.396 bits per heavy atom. The van der Waals surface area contributed by atoms with Gasteiger partial charge >= 0.3 is 0 Å². The second-order valence-electron chi connectivity index (χ2n) is 14.0. The molecule has 6 heteroatoms. The van der Waals surface area contributed by atoms with Crippen molar-refractivity contribution in [2.75, 3.05) is 39.5 Å². The van der Waals surface area contributed by atoms with E-state index in [4.69, 9.17) is 29.2 Å². The van der Waals surface area contributed by atoms with Crippen LogP contribution < -0.4 is 0 Å². The van der Waals surface area contributed by atoms with Crippen molar-refractivity contribution in [2.45, 2.75) is 41.5 Å². The van der Waals surface area contributed by atoms with Crippen molar-refractivity contribution >= 4 is 17.7 Å². The summed E-state index contributed by atoms with van der Waals surface area (Å²) < 4.78 is 19.9. The van der Waals surface area contributed by atoms with E-state index < -0.39 is 0 Å². The lowest BCUT2D eigenvalue weighted by atomic mass is 9.78. The molecular formula is C42H45N3O3. The Labute approximate surface area is 284 Å². The van der Waals surface area contributed by atoms with Crippen LogP contribution in [0.5, 0.6) is 0 Å². The molecule has 0 fully saturated rings. The van der Waals surface area contributed by atoms with Gasteiger partial charge in [-0.1, -0.05) is 110 Å². The van der Waals surface area contributed by atoms with Crippen molar-refractivity contribution in [1.29, 1.82) is 0 Å². The van der Waals surface area contributed by atoms with E-state index in [1.54, 1.807) is 0 Å². The Kier molecular flexibility index (Phi) is 8.91. The van der Waals surface area contributed by atoms with Gasteiger partial charge in [0.1, 0.15) is 0 Å². The van der Waals surface area contributed by atoms with Crippen LogP contribution in [0.25, 0.3) is 33.4 Å². The summed E-state index contributed by atoms with van der Waals surface area (Å²) in [6.45, 7) is 16.7. The maximum Gasteiger partial charge on any atom is 0.217 e. The topological polar surface area (TPSA) is 64.8 Å². The summed E-state index contributed by atoms with van der Waals surface area (Å²) >= 11 is 0. The third-order valence-corrected chi connectivity index (χ3v) is 9.32. The van der Waals surface area contributed by atoms with Crippen LogP contribution in [-0.4, -0.2) is 57.1 Å². The Morgan fingerprint density at radius 2 is 0.646 bits per heavy atom. The van der Waals surface area contributed by atoms with Gasteiger partial charge in [0.15, 0.2) is 0 Å². The fraction of sp³-hybridized carbons (Fsp3) is 0.357. The van der Waals surface area contributed by atoms with E-state index in [9.17, 15) is 0 Å². The number of hydrogen-bond donors (Lipinski definition) is 0. The molecule has 48 heavy (non-hydrogen) atoms. The third-order valence-electron chi connectivity index (χ3n) is 9.32. The van der Waals surface area contributed by atoms with E-state index in [1.807, 2.05) is 0 Å². The zero-order valence-corrected chi connectivity index (χ0v) is 29.0. The van der Waals surface area contributed by atoms with Crippen molar-refractivity contribution in [3.63, 3.8) is 0 Å². The van der Waals surface area contributed by atoms with Crippen molar-refractivity contribution in [3.05, 3.63) is 106 Å². The van der Waals surface area contributed by atoms with Crippen molar-refractivity contribution in [2.24, 2.45) is 32.7 Å². The zero-order valence-electron chi connectivity index (χ0n) is 29.0. The molecule has 0 saturated heterocycles. The van der Waals surface area contributed by atoms with Crippen LogP contribution in [0.2, 0.25) is 0 Å². The predicted octanol–water partition coefficient (Wildman–Crippen LogP) is 8.85. The van der Waals surface area contributed by atoms with Gasteiger partial charge in [0.05, 0.1) is 36.5 Å². The molecule has 0 saturated carbocycles. The van der Waals surface area contributed by atoms with Gasteiger partial charge in [-0.2, -0.15) is 0 Å². The molecule has 6 nitrogen and oxygen atoms in total. The van der Waals surface area contributed by atoms with Crippen LogP contribution in [0.1, 0.15) is 54.2 Å². The Bertz CT molecular complexity index is 1660. The molecule has 0 bridgehead atoms. The molecular weight excluding hydrogens is 594 g/mol. The molecule has 3 aliphatic heterocycles. The van der Waals surface area contributed by atoms with Crippen LogP contribution in [0.3, 0.4) is 0 Å². The minimum Gasteiger partial charge on any atom is -0.477 e. The molecule has 4 aromatic carbocycles. The number of aliphatic imine (C=N–C) groups is 3. The van der Waals surface area contributed by atoms with Crippen molar-refractivity contribution < 1.29 is 14.2 Å². The van der Waals surface area contributed by atoms with E-state index in [1.165, 1.54) is 16.7 Å². The van der Waals surface area contributed by atoms with Gasteiger partial charge < -0.3 is 14.2 Å². The zero-order chi connectivity index (χ0) is 33.4. The van der Waals surface area contributed by atoms with Crippen LogP contribution >= 0.6 is 0 Å². The van der Waals surface area contributed by atoms with E-state index >= 15 is 0 Å². The van der Waals surface area contributed by atoms with Crippen molar-refractivity contribution in [3.8, 4) is 33.4 Å². The molecule has 0 aromatic heterocycles. The van der Waals surface area contributed by atoms with Gasteiger partial charge in [0.25, 0.3) is 0 Å². The highest BCUT2D eigenvalue weighted by Crippen LogP contribution is 2.47. The number of aryl methyl sites for hydroxylation is 3. The lowest BCUT2D eigenvalue weighted by Crippen LogP contribution is -2.29. The largest absolute Gasteiger partial charge is 0.477 e. The fourth-order valence-electron chi connectivity index (χ4n) is 6.55. The van der Waals surface area contributed by atoms with Crippen molar-refractivity contribution in [1.82, 2.24) is 0 Å². The quantitative estimate of drug-likeness (QED) is 0.212. The summed E-state index contributed by atoms with van der Waals surface area (Å²) in [4.78, 5) is 15.4. The summed E-state index contributed by atoms with van der Waals surface area (Å²) in [7, 11) is 0. The molecule has 0 spiro atoms. The average molecular weight is 640 g/mol. The highest BCUT2D eigenvalue weighted by atomic mass is 16.5. The van der Waals surface area contributed by atoms with E-state index in [0.717, 1.165) is 50.1 Å².